The van der Waals surface area contributed by atoms with Gasteiger partial charge in [0, 0.05) is 18.7 Å². The zero-order valence-corrected chi connectivity index (χ0v) is 12.6. The quantitative estimate of drug-likeness (QED) is 0.878. The van der Waals surface area contributed by atoms with Crippen LogP contribution in [0.15, 0.2) is 35.5 Å². The van der Waals surface area contributed by atoms with Gasteiger partial charge < -0.3 is 5.32 Å². The molecule has 2 heterocycles. The molecule has 106 valence electrons. The lowest BCUT2D eigenvalue weighted by atomic mass is 9.97. The van der Waals surface area contributed by atoms with Crippen LogP contribution in [-0.4, -0.2) is 27.9 Å². The lowest BCUT2D eigenvalue weighted by Gasteiger charge is -2.21. The molecule has 0 spiro atoms. The Hall–Kier alpha value is -1.33. The van der Waals surface area contributed by atoms with Gasteiger partial charge in [-0.05, 0) is 31.5 Å². The molecule has 0 radical (unpaired) electrons. The van der Waals surface area contributed by atoms with Gasteiger partial charge in [0.05, 0.1) is 0 Å². The van der Waals surface area contributed by atoms with E-state index < -0.39 is 0 Å². The van der Waals surface area contributed by atoms with Crippen LogP contribution in [0.3, 0.4) is 0 Å². The molecule has 1 aromatic heterocycles. The second-order valence-corrected chi connectivity index (χ2v) is 6.12. The van der Waals surface area contributed by atoms with Gasteiger partial charge in [-0.25, -0.2) is 4.98 Å². The highest BCUT2D eigenvalue weighted by Crippen LogP contribution is 2.26. The zero-order chi connectivity index (χ0) is 13.8. The average molecular weight is 288 g/mol. The number of nitrogens with zero attached hydrogens (tertiary/aromatic N) is 3. The fourth-order valence-electron chi connectivity index (χ4n) is 2.59. The predicted octanol–water partition coefficient (Wildman–Crippen LogP) is 2.57. The fraction of sp³-hybridized carbons (Fsp3) is 0.467. The van der Waals surface area contributed by atoms with Crippen LogP contribution in [0.5, 0.6) is 0 Å². The molecule has 1 fully saturated rings. The summed E-state index contributed by atoms with van der Waals surface area (Å²) in [5.41, 5.74) is 1.31. The van der Waals surface area contributed by atoms with E-state index in [1.165, 1.54) is 5.56 Å². The van der Waals surface area contributed by atoms with E-state index in [0.29, 0.717) is 5.92 Å². The van der Waals surface area contributed by atoms with E-state index in [0.717, 1.165) is 42.7 Å². The molecule has 20 heavy (non-hydrogen) atoms. The van der Waals surface area contributed by atoms with Crippen molar-refractivity contribution in [2.75, 3.05) is 13.1 Å². The summed E-state index contributed by atoms with van der Waals surface area (Å²) in [6.45, 7) is 2.17. The number of hydrogen-bond donors (Lipinski definition) is 1. The van der Waals surface area contributed by atoms with Crippen molar-refractivity contribution in [3.05, 3.63) is 41.7 Å². The molecule has 1 N–H and O–H groups in total. The van der Waals surface area contributed by atoms with Crippen molar-refractivity contribution in [2.45, 2.75) is 29.7 Å². The summed E-state index contributed by atoms with van der Waals surface area (Å²) in [7, 11) is 2.01. The largest absolute Gasteiger partial charge is 0.317 e. The Morgan fingerprint density at radius 3 is 2.75 bits per heavy atom. The van der Waals surface area contributed by atoms with Gasteiger partial charge >= 0.3 is 0 Å². The normalized spacial score (nSPS) is 16.4. The van der Waals surface area contributed by atoms with Crippen LogP contribution in [0, 0.1) is 0 Å². The van der Waals surface area contributed by atoms with Crippen molar-refractivity contribution < 1.29 is 0 Å². The minimum atomic E-state index is 0.555. The third-order valence-corrected chi connectivity index (χ3v) is 4.60. The number of aromatic nitrogens is 3. The summed E-state index contributed by atoms with van der Waals surface area (Å²) in [5.74, 6) is 2.62. The first-order chi connectivity index (χ1) is 9.83. The highest BCUT2D eigenvalue weighted by Gasteiger charge is 2.21. The molecule has 0 saturated carbocycles. The summed E-state index contributed by atoms with van der Waals surface area (Å²) in [6.07, 6.45) is 2.32. The van der Waals surface area contributed by atoms with Crippen molar-refractivity contribution in [3.63, 3.8) is 0 Å². The molecule has 1 aliphatic rings. The van der Waals surface area contributed by atoms with Crippen molar-refractivity contribution in [2.24, 2.45) is 7.05 Å². The number of benzene rings is 1. The topological polar surface area (TPSA) is 42.7 Å². The maximum absolute atomic E-state index is 4.74. The van der Waals surface area contributed by atoms with E-state index in [4.69, 9.17) is 4.98 Å². The first kappa shape index (κ1) is 13.6. The summed E-state index contributed by atoms with van der Waals surface area (Å²) in [6, 6.07) is 10.5. The van der Waals surface area contributed by atoms with Gasteiger partial charge in [-0.15, -0.1) is 5.10 Å². The van der Waals surface area contributed by atoms with Crippen LogP contribution in [-0.2, 0) is 12.8 Å². The molecule has 3 rings (SSSR count). The average Bonchev–Trinajstić information content (AvgIpc) is 2.88. The van der Waals surface area contributed by atoms with Gasteiger partial charge in [0.15, 0.2) is 0 Å². The van der Waals surface area contributed by atoms with E-state index in [1.807, 2.05) is 17.8 Å². The van der Waals surface area contributed by atoms with E-state index in [2.05, 4.69) is 34.7 Å². The monoisotopic (exact) mass is 288 g/mol. The van der Waals surface area contributed by atoms with Crippen LogP contribution in [0.2, 0.25) is 0 Å². The fourth-order valence-corrected chi connectivity index (χ4v) is 3.42. The van der Waals surface area contributed by atoms with Crippen LogP contribution < -0.4 is 5.32 Å². The van der Waals surface area contributed by atoms with Gasteiger partial charge in [0.25, 0.3) is 0 Å². The number of rotatable bonds is 4. The minimum absolute atomic E-state index is 0.555. The summed E-state index contributed by atoms with van der Waals surface area (Å²) in [5, 5.41) is 8.84. The van der Waals surface area contributed by atoms with E-state index >= 15 is 0 Å². The third kappa shape index (κ3) is 3.22. The standard InChI is InChI=1S/C15H20N4S/c1-19-14(13-7-9-16-10-8-13)17-15(18-19)20-11-12-5-3-2-4-6-12/h2-6,13,16H,7-11H2,1H3. The van der Waals surface area contributed by atoms with Gasteiger partial charge in [0.2, 0.25) is 5.16 Å². The Kier molecular flexibility index (Phi) is 4.38. The smallest absolute Gasteiger partial charge is 0.209 e. The second kappa shape index (κ2) is 6.41. The first-order valence-corrected chi connectivity index (χ1v) is 8.10. The Labute approximate surface area is 124 Å². The molecular weight excluding hydrogens is 268 g/mol. The van der Waals surface area contributed by atoms with Crippen LogP contribution in [0.4, 0.5) is 0 Å². The number of piperidine rings is 1. The lowest BCUT2D eigenvalue weighted by Crippen LogP contribution is -2.27. The zero-order valence-electron chi connectivity index (χ0n) is 11.7. The SMILES string of the molecule is Cn1nc(SCc2ccccc2)nc1C1CCNCC1. The third-order valence-electron chi connectivity index (χ3n) is 3.69. The molecule has 0 aliphatic carbocycles. The Bertz CT molecular complexity index is 546. The Balaban J connectivity index is 1.66. The number of aryl methyl sites for hydroxylation is 1. The van der Waals surface area contributed by atoms with E-state index in [-0.39, 0.29) is 0 Å². The molecule has 1 aromatic carbocycles. The molecule has 0 unspecified atom stereocenters. The van der Waals surface area contributed by atoms with Crippen LogP contribution >= 0.6 is 11.8 Å². The number of hydrogen-bond acceptors (Lipinski definition) is 4. The first-order valence-electron chi connectivity index (χ1n) is 7.11. The highest BCUT2D eigenvalue weighted by molar-refractivity contribution is 7.98. The minimum Gasteiger partial charge on any atom is -0.317 e. The second-order valence-electron chi connectivity index (χ2n) is 5.17. The van der Waals surface area contributed by atoms with Gasteiger partial charge in [-0.3, -0.25) is 4.68 Å². The number of nitrogens with one attached hydrogen (secondary N) is 1. The Morgan fingerprint density at radius 2 is 2.00 bits per heavy atom. The maximum Gasteiger partial charge on any atom is 0.209 e. The maximum atomic E-state index is 4.74. The van der Waals surface area contributed by atoms with E-state index in [9.17, 15) is 0 Å². The predicted molar refractivity (Wildman–Crippen MR) is 81.9 cm³/mol. The van der Waals surface area contributed by atoms with Crippen molar-refractivity contribution in [1.82, 2.24) is 20.1 Å². The molecule has 0 atom stereocenters. The lowest BCUT2D eigenvalue weighted by molar-refractivity contribution is 0.432. The molecule has 2 aromatic rings. The van der Waals surface area contributed by atoms with Gasteiger partial charge in [-0.2, -0.15) is 0 Å². The van der Waals surface area contributed by atoms with Crippen molar-refractivity contribution in [1.29, 1.82) is 0 Å². The highest BCUT2D eigenvalue weighted by atomic mass is 32.2. The van der Waals surface area contributed by atoms with Crippen molar-refractivity contribution >= 4 is 11.8 Å². The summed E-state index contributed by atoms with van der Waals surface area (Å²) < 4.78 is 1.96. The summed E-state index contributed by atoms with van der Waals surface area (Å²) >= 11 is 1.71. The molecular formula is C15H20N4S. The molecule has 1 saturated heterocycles. The van der Waals surface area contributed by atoms with Crippen LogP contribution in [0.25, 0.3) is 0 Å². The molecule has 0 bridgehead atoms. The molecule has 1 aliphatic heterocycles. The molecule has 5 heteroatoms. The number of thioether (sulfide) groups is 1. The Morgan fingerprint density at radius 1 is 1.25 bits per heavy atom. The summed E-state index contributed by atoms with van der Waals surface area (Å²) in [4.78, 5) is 4.74. The molecule has 4 nitrogen and oxygen atoms in total. The van der Waals surface area contributed by atoms with E-state index in [1.54, 1.807) is 11.8 Å². The van der Waals surface area contributed by atoms with Crippen LogP contribution in [0.1, 0.15) is 30.1 Å². The van der Waals surface area contributed by atoms with Gasteiger partial charge in [-0.1, -0.05) is 42.1 Å². The van der Waals surface area contributed by atoms with Gasteiger partial charge in [0.1, 0.15) is 5.82 Å². The molecule has 0 amide bonds. The van der Waals surface area contributed by atoms with Crippen molar-refractivity contribution in [3.8, 4) is 0 Å².